The van der Waals surface area contributed by atoms with Crippen LogP contribution in [0, 0.1) is 5.92 Å². The fourth-order valence-electron chi connectivity index (χ4n) is 3.13. The van der Waals surface area contributed by atoms with E-state index in [-0.39, 0.29) is 24.2 Å². The van der Waals surface area contributed by atoms with E-state index in [1.54, 1.807) is 4.90 Å². The van der Waals surface area contributed by atoms with Crippen LogP contribution >= 0.6 is 0 Å². The van der Waals surface area contributed by atoms with E-state index in [9.17, 15) is 9.59 Å². The molecule has 0 aromatic heterocycles. The molecular formula is C16H17NO3. The predicted molar refractivity (Wildman–Crippen MR) is 75.7 cm³/mol. The van der Waals surface area contributed by atoms with Gasteiger partial charge in [0.05, 0.1) is 6.42 Å². The minimum Gasteiger partial charge on any atom is -0.481 e. The molecule has 0 fully saturated rings. The molecule has 2 aliphatic rings. The molecule has 1 N–H and O–H groups in total. The standard InChI is InChI=1S/C16H17NO3/c18-15(19)9-12-10-17(14-8-4-3-7-13(12)14)16(20)11-5-1-2-6-11/h1-4,7-8,11-12H,5-6,9-10H2,(H,18,19). The molecule has 1 aromatic rings. The van der Waals surface area contributed by atoms with Crippen molar-refractivity contribution < 1.29 is 14.7 Å². The van der Waals surface area contributed by atoms with Crippen LogP contribution in [0.4, 0.5) is 5.69 Å². The highest BCUT2D eigenvalue weighted by atomic mass is 16.4. The van der Waals surface area contributed by atoms with Crippen LogP contribution in [0.1, 0.15) is 30.7 Å². The first-order valence-electron chi connectivity index (χ1n) is 6.94. The van der Waals surface area contributed by atoms with Gasteiger partial charge in [-0.2, -0.15) is 0 Å². The molecule has 3 rings (SSSR count). The number of nitrogens with zero attached hydrogens (tertiary/aromatic N) is 1. The molecule has 1 unspecified atom stereocenters. The van der Waals surface area contributed by atoms with Crippen LogP contribution in [0.3, 0.4) is 0 Å². The lowest BCUT2D eigenvalue weighted by molar-refractivity contribution is -0.137. The number of anilines is 1. The summed E-state index contributed by atoms with van der Waals surface area (Å²) in [5, 5.41) is 9.02. The van der Waals surface area contributed by atoms with E-state index in [0.29, 0.717) is 6.54 Å². The predicted octanol–water partition coefficient (Wildman–Crippen LogP) is 2.56. The van der Waals surface area contributed by atoms with Crippen molar-refractivity contribution in [2.45, 2.75) is 25.2 Å². The fraction of sp³-hybridized carbons (Fsp3) is 0.375. The van der Waals surface area contributed by atoms with Crippen molar-refractivity contribution in [1.82, 2.24) is 0 Å². The molecular weight excluding hydrogens is 254 g/mol. The lowest BCUT2D eigenvalue weighted by Gasteiger charge is -2.21. The summed E-state index contributed by atoms with van der Waals surface area (Å²) in [5.41, 5.74) is 1.87. The van der Waals surface area contributed by atoms with Crippen LogP contribution < -0.4 is 4.90 Å². The van der Waals surface area contributed by atoms with Gasteiger partial charge in [0.1, 0.15) is 0 Å². The second-order valence-electron chi connectivity index (χ2n) is 5.44. The average Bonchev–Trinajstić information content (AvgIpc) is 3.06. The Morgan fingerprint density at radius 2 is 1.90 bits per heavy atom. The molecule has 1 aromatic carbocycles. The number of carboxylic acids is 1. The average molecular weight is 271 g/mol. The highest BCUT2D eigenvalue weighted by Gasteiger charge is 2.35. The number of carboxylic acid groups (broad SMARTS) is 1. The van der Waals surface area contributed by atoms with Crippen LogP contribution in [-0.2, 0) is 9.59 Å². The molecule has 0 saturated carbocycles. The van der Waals surface area contributed by atoms with Gasteiger partial charge in [0.15, 0.2) is 0 Å². The summed E-state index contributed by atoms with van der Waals surface area (Å²) in [5.74, 6) is -0.773. The van der Waals surface area contributed by atoms with Crippen LogP contribution in [0.25, 0.3) is 0 Å². The first kappa shape index (κ1) is 12.9. The van der Waals surface area contributed by atoms with Gasteiger partial charge in [0.2, 0.25) is 5.91 Å². The SMILES string of the molecule is O=C(O)CC1CN(C(=O)C2CC=CC2)c2ccccc21. The Morgan fingerprint density at radius 3 is 2.60 bits per heavy atom. The number of allylic oxidation sites excluding steroid dienone is 2. The molecule has 1 aliphatic carbocycles. The van der Waals surface area contributed by atoms with Crippen LogP contribution in [-0.4, -0.2) is 23.5 Å². The summed E-state index contributed by atoms with van der Waals surface area (Å²) in [6.45, 7) is 0.487. The number of para-hydroxylation sites is 1. The van der Waals surface area contributed by atoms with Gasteiger partial charge < -0.3 is 10.0 Å². The summed E-state index contributed by atoms with van der Waals surface area (Å²) < 4.78 is 0. The van der Waals surface area contributed by atoms with Crippen molar-refractivity contribution in [3.05, 3.63) is 42.0 Å². The molecule has 104 valence electrons. The summed E-state index contributed by atoms with van der Waals surface area (Å²) in [6.07, 6.45) is 5.74. The molecule has 1 atom stereocenters. The number of carbonyl (C=O) groups excluding carboxylic acids is 1. The summed E-state index contributed by atoms with van der Waals surface area (Å²) in [6, 6.07) is 7.65. The zero-order valence-corrected chi connectivity index (χ0v) is 11.2. The van der Waals surface area contributed by atoms with E-state index in [2.05, 4.69) is 0 Å². The van der Waals surface area contributed by atoms with Gasteiger partial charge >= 0.3 is 5.97 Å². The minimum absolute atomic E-state index is 0.0200. The summed E-state index contributed by atoms with van der Waals surface area (Å²) in [4.78, 5) is 25.3. The highest BCUT2D eigenvalue weighted by Crippen LogP contribution is 2.39. The molecule has 4 nitrogen and oxygen atoms in total. The number of hydrogen-bond acceptors (Lipinski definition) is 2. The molecule has 0 saturated heterocycles. The smallest absolute Gasteiger partial charge is 0.304 e. The van der Waals surface area contributed by atoms with Gasteiger partial charge in [0, 0.05) is 24.1 Å². The van der Waals surface area contributed by atoms with Crippen molar-refractivity contribution >= 4 is 17.6 Å². The Morgan fingerprint density at radius 1 is 1.20 bits per heavy atom. The zero-order chi connectivity index (χ0) is 14.1. The van der Waals surface area contributed by atoms with E-state index in [4.69, 9.17) is 5.11 Å². The number of benzene rings is 1. The molecule has 0 radical (unpaired) electrons. The van der Waals surface area contributed by atoms with Gasteiger partial charge in [-0.3, -0.25) is 9.59 Å². The number of aliphatic carboxylic acids is 1. The molecule has 20 heavy (non-hydrogen) atoms. The van der Waals surface area contributed by atoms with Crippen LogP contribution in [0.15, 0.2) is 36.4 Å². The molecule has 1 heterocycles. The maximum atomic E-state index is 12.6. The number of hydrogen-bond donors (Lipinski definition) is 1. The first-order chi connectivity index (χ1) is 9.66. The monoisotopic (exact) mass is 271 g/mol. The molecule has 4 heteroatoms. The summed E-state index contributed by atoms with van der Waals surface area (Å²) >= 11 is 0. The third kappa shape index (κ3) is 2.22. The number of rotatable bonds is 3. The molecule has 0 spiro atoms. The Hall–Kier alpha value is -2.10. The Balaban J connectivity index is 1.86. The third-order valence-electron chi connectivity index (χ3n) is 4.11. The van der Waals surface area contributed by atoms with E-state index in [1.807, 2.05) is 36.4 Å². The third-order valence-corrected chi connectivity index (χ3v) is 4.11. The lowest BCUT2D eigenvalue weighted by atomic mass is 9.98. The second-order valence-corrected chi connectivity index (χ2v) is 5.44. The lowest BCUT2D eigenvalue weighted by Crippen LogP contribution is -2.34. The topological polar surface area (TPSA) is 57.6 Å². The summed E-state index contributed by atoms with van der Waals surface area (Å²) in [7, 11) is 0. The van der Waals surface area contributed by atoms with Gasteiger partial charge in [-0.05, 0) is 24.5 Å². The fourth-order valence-corrected chi connectivity index (χ4v) is 3.13. The van der Waals surface area contributed by atoms with Crippen LogP contribution in [0.2, 0.25) is 0 Å². The number of carbonyl (C=O) groups is 2. The van der Waals surface area contributed by atoms with Crippen molar-refractivity contribution in [3.8, 4) is 0 Å². The molecule has 1 amide bonds. The highest BCUT2D eigenvalue weighted by molar-refractivity contribution is 5.98. The van der Waals surface area contributed by atoms with Crippen molar-refractivity contribution in [1.29, 1.82) is 0 Å². The van der Waals surface area contributed by atoms with Gasteiger partial charge in [0.25, 0.3) is 0 Å². The van der Waals surface area contributed by atoms with Crippen LogP contribution in [0.5, 0.6) is 0 Å². The minimum atomic E-state index is -0.818. The normalized spacial score (nSPS) is 21.2. The number of amides is 1. The van der Waals surface area contributed by atoms with Crippen molar-refractivity contribution in [2.24, 2.45) is 5.92 Å². The molecule has 1 aliphatic heterocycles. The Labute approximate surface area is 117 Å². The van der Waals surface area contributed by atoms with E-state index < -0.39 is 5.97 Å². The Bertz CT molecular complexity index is 571. The van der Waals surface area contributed by atoms with E-state index in [0.717, 1.165) is 24.1 Å². The zero-order valence-electron chi connectivity index (χ0n) is 11.2. The largest absolute Gasteiger partial charge is 0.481 e. The van der Waals surface area contributed by atoms with Gasteiger partial charge in [-0.15, -0.1) is 0 Å². The van der Waals surface area contributed by atoms with E-state index >= 15 is 0 Å². The maximum absolute atomic E-state index is 12.6. The molecule has 0 bridgehead atoms. The second kappa shape index (κ2) is 5.12. The maximum Gasteiger partial charge on any atom is 0.304 e. The Kier molecular flexibility index (Phi) is 3.30. The number of fused-ring (bicyclic) bond motifs is 1. The van der Waals surface area contributed by atoms with Crippen molar-refractivity contribution in [2.75, 3.05) is 11.4 Å². The first-order valence-corrected chi connectivity index (χ1v) is 6.94. The van der Waals surface area contributed by atoms with E-state index in [1.165, 1.54) is 0 Å². The van der Waals surface area contributed by atoms with Gasteiger partial charge in [-0.25, -0.2) is 0 Å². The van der Waals surface area contributed by atoms with Gasteiger partial charge in [-0.1, -0.05) is 30.4 Å². The van der Waals surface area contributed by atoms with Crippen molar-refractivity contribution in [3.63, 3.8) is 0 Å². The quantitative estimate of drug-likeness (QED) is 0.859.